The van der Waals surface area contributed by atoms with E-state index in [0.29, 0.717) is 11.4 Å². The predicted molar refractivity (Wildman–Crippen MR) is 59.4 cm³/mol. The molecule has 0 bridgehead atoms. The molecule has 0 aliphatic heterocycles. The molecule has 0 aromatic carbocycles. The van der Waals surface area contributed by atoms with Gasteiger partial charge in [-0.05, 0) is 13.8 Å². The van der Waals surface area contributed by atoms with Gasteiger partial charge in [0.2, 0.25) is 0 Å². The van der Waals surface area contributed by atoms with Crippen molar-refractivity contribution < 1.29 is 15.3 Å². The number of aromatic nitrogens is 1. The Labute approximate surface area is 93.6 Å². The summed E-state index contributed by atoms with van der Waals surface area (Å²) in [6.07, 6.45) is 0. The first-order chi connectivity index (χ1) is 7.50. The van der Waals surface area contributed by atoms with Crippen molar-refractivity contribution in [3.05, 3.63) is 33.7 Å². The van der Waals surface area contributed by atoms with Crippen LogP contribution < -0.4 is 5.43 Å². The number of pyridine rings is 1. The highest BCUT2D eigenvalue weighted by Gasteiger charge is 2.31. The second-order valence-corrected chi connectivity index (χ2v) is 4.01. The van der Waals surface area contributed by atoms with Crippen LogP contribution in [0.5, 0.6) is 0 Å². The number of aliphatic hydroxyl groups excluding tert-OH is 3. The Morgan fingerprint density at radius 3 is 1.75 bits per heavy atom. The predicted octanol–water partition coefficient (Wildman–Crippen LogP) is -0.863. The molecular formula is C11H17NO4. The average molecular weight is 227 g/mol. The van der Waals surface area contributed by atoms with Crippen LogP contribution in [0.4, 0.5) is 0 Å². The van der Waals surface area contributed by atoms with Gasteiger partial charge < -0.3 is 19.9 Å². The molecule has 16 heavy (non-hydrogen) atoms. The Bertz CT molecular complexity index is 386. The van der Waals surface area contributed by atoms with E-state index in [4.69, 9.17) is 0 Å². The van der Waals surface area contributed by atoms with Crippen LogP contribution in [-0.4, -0.2) is 39.7 Å². The van der Waals surface area contributed by atoms with E-state index in [0.717, 1.165) is 0 Å². The first-order valence-electron chi connectivity index (χ1n) is 5.04. The van der Waals surface area contributed by atoms with Crippen molar-refractivity contribution in [1.29, 1.82) is 0 Å². The first-order valence-corrected chi connectivity index (χ1v) is 5.04. The van der Waals surface area contributed by atoms with Gasteiger partial charge in [0.25, 0.3) is 0 Å². The molecule has 1 heterocycles. The molecule has 1 rings (SSSR count). The molecule has 0 spiro atoms. The van der Waals surface area contributed by atoms with Gasteiger partial charge in [-0.2, -0.15) is 0 Å². The fraction of sp³-hybridized carbons (Fsp3) is 0.545. The fourth-order valence-electron chi connectivity index (χ4n) is 1.97. The number of rotatable bonds is 4. The van der Waals surface area contributed by atoms with Crippen molar-refractivity contribution in [2.24, 2.45) is 0 Å². The van der Waals surface area contributed by atoms with E-state index >= 15 is 0 Å². The maximum absolute atomic E-state index is 11.3. The Kier molecular flexibility index (Phi) is 3.85. The Balaban J connectivity index is 3.46. The molecule has 5 nitrogen and oxygen atoms in total. The lowest BCUT2D eigenvalue weighted by atomic mass is 10.0. The Morgan fingerprint density at radius 2 is 1.44 bits per heavy atom. The van der Waals surface area contributed by atoms with Crippen LogP contribution in [0.1, 0.15) is 11.4 Å². The van der Waals surface area contributed by atoms with Crippen LogP contribution in [0.15, 0.2) is 16.9 Å². The third-order valence-corrected chi connectivity index (χ3v) is 2.76. The van der Waals surface area contributed by atoms with Gasteiger partial charge in [0, 0.05) is 23.5 Å². The van der Waals surface area contributed by atoms with E-state index in [9.17, 15) is 20.1 Å². The SMILES string of the molecule is Cc1cc(=O)cc(C)n1C(CO)(CO)CO. The Hall–Kier alpha value is -1.17. The van der Waals surface area contributed by atoms with Gasteiger partial charge in [0.1, 0.15) is 5.54 Å². The number of aliphatic hydroxyl groups is 3. The zero-order chi connectivity index (χ0) is 12.3. The topological polar surface area (TPSA) is 82.7 Å². The summed E-state index contributed by atoms with van der Waals surface area (Å²) in [7, 11) is 0. The van der Waals surface area contributed by atoms with Gasteiger partial charge in [-0.3, -0.25) is 4.79 Å². The van der Waals surface area contributed by atoms with E-state index in [-0.39, 0.29) is 5.43 Å². The molecule has 1 aromatic heterocycles. The molecule has 0 aliphatic rings. The first kappa shape index (κ1) is 12.9. The second kappa shape index (κ2) is 4.78. The lowest BCUT2D eigenvalue weighted by Crippen LogP contribution is -2.47. The third-order valence-electron chi connectivity index (χ3n) is 2.76. The molecule has 90 valence electrons. The van der Waals surface area contributed by atoms with E-state index in [1.54, 1.807) is 18.4 Å². The molecule has 0 fully saturated rings. The molecule has 0 atom stereocenters. The molecular weight excluding hydrogens is 210 g/mol. The number of nitrogens with zero attached hydrogens (tertiary/aromatic N) is 1. The van der Waals surface area contributed by atoms with Crippen LogP contribution in [0, 0.1) is 13.8 Å². The molecule has 0 unspecified atom stereocenters. The van der Waals surface area contributed by atoms with Crippen LogP contribution in [0.25, 0.3) is 0 Å². The lowest BCUT2D eigenvalue weighted by Gasteiger charge is -2.34. The minimum absolute atomic E-state index is 0.131. The molecule has 0 radical (unpaired) electrons. The average Bonchev–Trinajstić information content (AvgIpc) is 2.23. The zero-order valence-electron chi connectivity index (χ0n) is 9.47. The Morgan fingerprint density at radius 1 is 1.06 bits per heavy atom. The highest BCUT2D eigenvalue weighted by atomic mass is 16.3. The minimum atomic E-state index is -1.16. The van der Waals surface area contributed by atoms with Gasteiger partial charge in [-0.25, -0.2) is 0 Å². The molecule has 0 amide bonds. The summed E-state index contributed by atoms with van der Waals surface area (Å²) in [5, 5.41) is 28.0. The quantitative estimate of drug-likeness (QED) is 0.625. The van der Waals surface area contributed by atoms with Crippen molar-refractivity contribution in [1.82, 2.24) is 4.57 Å². The van der Waals surface area contributed by atoms with Gasteiger partial charge in [0.05, 0.1) is 19.8 Å². The summed E-state index contributed by atoms with van der Waals surface area (Å²) in [5.74, 6) is 0. The summed E-state index contributed by atoms with van der Waals surface area (Å²) in [6.45, 7) is 2.20. The van der Waals surface area contributed by atoms with Gasteiger partial charge in [-0.1, -0.05) is 0 Å². The molecule has 3 N–H and O–H groups in total. The monoisotopic (exact) mass is 227 g/mol. The van der Waals surface area contributed by atoms with Crippen LogP contribution in [0.2, 0.25) is 0 Å². The van der Waals surface area contributed by atoms with Crippen LogP contribution >= 0.6 is 0 Å². The normalized spacial score (nSPS) is 11.8. The molecule has 0 saturated carbocycles. The maximum atomic E-state index is 11.3. The van der Waals surface area contributed by atoms with E-state index in [2.05, 4.69) is 0 Å². The number of hydrogen-bond acceptors (Lipinski definition) is 4. The van der Waals surface area contributed by atoms with Gasteiger partial charge in [0.15, 0.2) is 5.43 Å². The van der Waals surface area contributed by atoms with Crippen molar-refractivity contribution >= 4 is 0 Å². The van der Waals surface area contributed by atoms with Crippen molar-refractivity contribution in [3.8, 4) is 0 Å². The summed E-state index contributed by atoms with van der Waals surface area (Å²) in [6, 6.07) is 2.81. The summed E-state index contributed by atoms with van der Waals surface area (Å²) < 4.78 is 1.59. The second-order valence-electron chi connectivity index (χ2n) is 4.01. The summed E-state index contributed by atoms with van der Waals surface area (Å²) >= 11 is 0. The standard InChI is InChI=1S/C11H17NO4/c1-8-3-10(16)4-9(2)12(8)11(5-13,6-14)7-15/h3-4,13-15H,5-7H2,1-2H3. The molecule has 1 aromatic rings. The van der Waals surface area contributed by atoms with Crippen molar-refractivity contribution in [3.63, 3.8) is 0 Å². The summed E-state index contributed by atoms with van der Waals surface area (Å²) in [5.41, 5.74) is -0.0970. The van der Waals surface area contributed by atoms with Gasteiger partial charge in [-0.15, -0.1) is 0 Å². The third kappa shape index (κ3) is 2.02. The molecule has 0 aliphatic carbocycles. The molecule has 5 heteroatoms. The van der Waals surface area contributed by atoms with Crippen LogP contribution in [-0.2, 0) is 5.54 Å². The molecule has 0 saturated heterocycles. The largest absolute Gasteiger partial charge is 0.394 e. The smallest absolute Gasteiger partial charge is 0.182 e. The number of hydrogen-bond donors (Lipinski definition) is 3. The van der Waals surface area contributed by atoms with Crippen molar-refractivity contribution in [2.75, 3.05) is 19.8 Å². The van der Waals surface area contributed by atoms with Gasteiger partial charge >= 0.3 is 0 Å². The lowest BCUT2D eigenvalue weighted by molar-refractivity contribution is 0.0122. The van der Waals surface area contributed by atoms with E-state index in [1.165, 1.54) is 12.1 Å². The maximum Gasteiger partial charge on any atom is 0.182 e. The highest BCUT2D eigenvalue weighted by Crippen LogP contribution is 2.19. The van der Waals surface area contributed by atoms with E-state index < -0.39 is 25.4 Å². The highest BCUT2D eigenvalue weighted by molar-refractivity contribution is 5.16. The zero-order valence-corrected chi connectivity index (χ0v) is 9.47. The van der Waals surface area contributed by atoms with E-state index in [1.807, 2.05) is 0 Å². The minimum Gasteiger partial charge on any atom is -0.394 e. The fourth-order valence-corrected chi connectivity index (χ4v) is 1.97. The number of aryl methyl sites for hydroxylation is 2. The summed E-state index contributed by atoms with van der Waals surface area (Å²) in [4.78, 5) is 11.3. The van der Waals surface area contributed by atoms with Crippen LogP contribution in [0.3, 0.4) is 0 Å². The van der Waals surface area contributed by atoms with Crippen molar-refractivity contribution in [2.45, 2.75) is 19.4 Å².